The van der Waals surface area contributed by atoms with E-state index >= 15 is 0 Å². The van der Waals surface area contributed by atoms with Gasteiger partial charge in [-0.1, -0.05) is 36.4 Å². The smallest absolute Gasteiger partial charge is 0.240 e. The Bertz CT molecular complexity index is 934. The van der Waals surface area contributed by atoms with Gasteiger partial charge < -0.3 is 19.9 Å². The highest BCUT2D eigenvalue weighted by Crippen LogP contribution is 2.21. The molecule has 1 amide bonds. The Balaban J connectivity index is 1.43. The molecule has 1 atom stereocenters. The van der Waals surface area contributed by atoms with Gasteiger partial charge >= 0.3 is 0 Å². The molecule has 4 rings (SSSR count). The minimum absolute atomic E-state index is 0.171. The molecule has 1 saturated heterocycles. The molecule has 1 aliphatic heterocycles. The summed E-state index contributed by atoms with van der Waals surface area (Å²) in [4.78, 5) is 18.3. The standard InChI is InChI=1S/C22H25N3O2/c1-27-21-9-5-2-6-16(21)10-12-25-13-11-23-20(22(25)26)14-17-15-24-19-8-4-3-7-18(17)19/h2-9,15,20,23-24H,10-14H2,1H3. The first-order chi connectivity index (χ1) is 13.3. The van der Waals surface area contributed by atoms with E-state index in [9.17, 15) is 4.79 Å². The normalized spacial score (nSPS) is 17.4. The SMILES string of the molecule is COc1ccccc1CCN1CCNC(Cc2c[nH]c3ccccc23)C1=O. The van der Waals surface area contributed by atoms with Crippen molar-refractivity contribution in [3.8, 4) is 5.75 Å². The first-order valence-corrected chi connectivity index (χ1v) is 9.45. The number of nitrogens with one attached hydrogen (secondary N) is 2. The number of piperazine rings is 1. The second kappa shape index (κ2) is 7.84. The van der Waals surface area contributed by atoms with Gasteiger partial charge in [0.05, 0.1) is 13.2 Å². The van der Waals surface area contributed by atoms with Gasteiger partial charge in [-0.15, -0.1) is 0 Å². The van der Waals surface area contributed by atoms with Crippen LogP contribution in [0, 0.1) is 0 Å². The van der Waals surface area contributed by atoms with E-state index in [2.05, 4.69) is 28.5 Å². The molecule has 1 unspecified atom stereocenters. The highest BCUT2D eigenvalue weighted by Gasteiger charge is 2.28. The molecular weight excluding hydrogens is 338 g/mol. The maximum Gasteiger partial charge on any atom is 0.240 e. The van der Waals surface area contributed by atoms with Crippen LogP contribution in [-0.2, 0) is 17.6 Å². The van der Waals surface area contributed by atoms with Crippen LogP contribution in [0.15, 0.2) is 54.7 Å². The topological polar surface area (TPSA) is 57.4 Å². The number of nitrogens with zero attached hydrogens (tertiary/aromatic N) is 1. The molecule has 0 saturated carbocycles. The molecule has 27 heavy (non-hydrogen) atoms. The van der Waals surface area contributed by atoms with Crippen LogP contribution in [0.25, 0.3) is 10.9 Å². The molecule has 1 fully saturated rings. The van der Waals surface area contributed by atoms with Crippen molar-refractivity contribution in [1.82, 2.24) is 15.2 Å². The van der Waals surface area contributed by atoms with E-state index in [0.717, 1.165) is 36.3 Å². The predicted molar refractivity (Wildman–Crippen MR) is 107 cm³/mol. The molecule has 2 heterocycles. The molecule has 5 nitrogen and oxygen atoms in total. The number of aromatic nitrogens is 1. The zero-order valence-electron chi connectivity index (χ0n) is 15.6. The van der Waals surface area contributed by atoms with Gasteiger partial charge in [-0.05, 0) is 36.1 Å². The molecule has 0 bridgehead atoms. The van der Waals surface area contributed by atoms with E-state index in [1.807, 2.05) is 41.4 Å². The summed E-state index contributed by atoms with van der Waals surface area (Å²) in [6.45, 7) is 2.29. The van der Waals surface area contributed by atoms with Gasteiger partial charge in [-0.3, -0.25) is 4.79 Å². The Kier molecular flexibility index (Phi) is 5.12. The van der Waals surface area contributed by atoms with Crippen molar-refractivity contribution < 1.29 is 9.53 Å². The fraction of sp³-hybridized carbons (Fsp3) is 0.318. The van der Waals surface area contributed by atoms with Gasteiger partial charge in [0.2, 0.25) is 5.91 Å². The van der Waals surface area contributed by atoms with E-state index in [-0.39, 0.29) is 11.9 Å². The number of amides is 1. The molecule has 0 radical (unpaired) electrons. The van der Waals surface area contributed by atoms with Crippen LogP contribution in [0.1, 0.15) is 11.1 Å². The number of carbonyl (C=O) groups excluding carboxylic acids is 1. The molecule has 5 heteroatoms. The van der Waals surface area contributed by atoms with E-state index in [0.29, 0.717) is 13.0 Å². The fourth-order valence-corrected chi connectivity index (χ4v) is 3.86. The van der Waals surface area contributed by atoms with Gasteiger partial charge in [0.1, 0.15) is 5.75 Å². The number of rotatable bonds is 6. The number of ether oxygens (including phenoxy) is 1. The van der Waals surface area contributed by atoms with Gasteiger partial charge in [-0.25, -0.2) is 0 Å². The molecule has 140 valence electrons. The van der Waals surface area contributed by atoms with Crippen LogP contribution in [0.3, 0.4) is 0 Å². The van der Waals surface area contributed by atoms with Crippen molar-refractivity contribution in [3.63, 3.8) is 0 Å². The van der Waals surface area contributed by atoms with Crippen LogP contribution < -0.4 is 10.1 Å². The van der Waals surface area contributed by atoms with Crippen LogP contribution >= 0.6 is 0 Å². The van der Waals surface area contributed by atoms with Gasteiger partial charge in [0.25, 0.3) is 0 Å². The minimum Gasteiger partial charge on any atom is -0.496 e. The van der Waals surface area contributed by atoms with Crippen molar-refractivity contribution in [2.75, 3.05) is 26.7 Å². The number of hydrogen-bond acceptors (Lipinski definition) is 3. The molecule has 0 aliphatic carbocycles. The first-order valence-electron chi connectivity index (χ1n) is 9.45. The second-order valence-electron chi connectivity index (χ2n) is 6.96. The van der Waals surface area contributed by atoms with E-state index in [4.69, 9.17) is 4.74 Å². The van der Waals surface area contributed by atoms with E-state index in [1.165, 1.54) is 10.9 Å². The number of carbonyl (C=O) groups is 1. The third-order valence-corrected chi connectivity index (χ3v) is 5.32. The number of fused-ring (bicyclic) bond motifs is 1. The monoisotopic (exact) mass is 363 g/mol. The molecule has 1 aliphatic rings. The highest BCUT2D eigenvalue weighted by molar-refractivity contribution is 5.86. The summed E-state index contributed by atoms with van der Waals surface area (Å²) in [5.41, 5.74) is 3.44. The van der Waals surface area contributed by atoms with Crippen LogP contribution in [-0.4, -0.2) is 48.6 Å². The lowest BCUT2D eigenvalue weighted by molar-refractivity contribution is -0.135. The van der Waals surface area contributed by atoms with Crippen molar-refractivity contribution in [1.29, 1.82) is 0 Å². The lowest BCUT2D eigenvalue weighted by atomic mass is 10.0. The predicted octanol–water partition coefficient (Wildman–Crippen LogP) is 2.76. The van der Waals surface area contributed by atoms with E-state index in [1.54, 1.807) is 7.11 Å². The van der Waals surface area contributed by atoms with Crippen molar-refractivity contribution in [2.45, 2.75) is 18.9 Å². The molecule has 2 N–H and O–H groups in total. The number of aromatic amines is 1. The zero-order chi connectivity index (χ0) is 18.6. The average Bonchev–Trinajstić information content (AvgIpc) is 3.12. The minimum atomic E-state index is -0.171. The largest absolute Gasteiger partial charge is 0.496 e. The van der Waals surface area contributed by atoms with Crippen LogP contribution in [0.4, 0.5) is 0 Å². The number of methoxy groups -OCH3 is 1. The van der Waals surface area contributed by atoms with Gasteiger partial charge in [-0.2, -0.15) is 0 Å². The number of para-hydroxylation sites is 2. The molecular formula is C22H25N3O2. The van der Waals surface area contributed by atoms with Gasteiger partial charge in [0.15, 0.2) is 0 Å². The Morgan fingerprint density at radius 2 is 1.93 bits per heavy atom. The van der Waals surface area contributed by atoms with Crippen molar-refractivity contribution >= 4 is 16.8 Å². The van der Waals surface area contributed by atoms with Gasteiger partial charge in [0, 0.05) is 36.7 Å². The quantitative estimate of drug-likeness (QED) is 0.708. The maximum absolute atomic E-state index is 13.0. The van der Waals surface area contributed by atoms with Crippen LogP contribution in [0.5, 0.6) is 5.75 Å². The Morgan fingerprint density at radius 1 is 1.11 bits per heavy atom. The Hall–Kier alpha value is -2.79. The third-order valence-electron chi connectivity index (χ3n) is 5.32. The summed E-state index contributed by atoms with van der Waals surface area (Å²) >= 11 is 0. The van der Waals surface area contributed by atoms with Crippen molar-refractivity contribution in [3.05, 3.63) is 65.9 Å². The lowest BCUT2D eigenvalue weighted by Gasteiger charge is -2.33. The molecule has 2 aromatic carbocycles. The average molecular weight is 363 g/mol. The molecule has 1 aromatic heterocycles. The number of benzene rings is 2. The first kappa shape index (κ1) is 17.6. The summed E-state index contributed by atoms with van der Waals surface area (Å²) in [7, 11) is 1.69. The van der Waals surface area contributed by atoms with Crippen LogP contribution in [0.2, 0.25) is 0 Å². The summed E-state index contributed by atoms with van der Waals surface area (Å²) in [6, 6.07) is 16.1. The molecule has 0 spiro atoms. The summed E-state index contributed by atoms with van der Waals surface area (Å²) in [5, 5.41) is 4.59. The Morgan fingerprint density at radius 3 is 2.81 bits per heavy atom. The summed E-state index contributed by atoms with van der Waals surface area (Å²) < 4.78 is 5.42. The zero-order valence-corrected chi connectivity index (χ0v) is 15.6. The lowest BCUT2D eigenvalue weighted by Crippen LogP contribution is -2.56. The van der Waals surface area contributed by atoms with E-state index < -0.39 is 0 Å². The summed E-state index contributed by atoms with van der Waals surface area (Å²) in [6.07, 6.45) is 3.52. The Labute approximate surface area is 159 Å². The second-order valence-corrected chi connectivity index (χ2v) is 6.96. The number of H-pyrrole nitrogens is 1. The fourth-order valence-electron chi connectivity index (χ4n) is 3.86. The summed E-state index contributed by atoms with van der Waals surface area (Å²) in [5.74, 6) is 1.07. The molecule has 3 aromatic rings. The number of hydrogen-bond donors (Lipinski definition) is 2. The maximum atomic E-state index is 13.0. The third kappa shape index (κ3) is 3.69. The highest BCUT2D eigenvalue weighted by atomic mass is 16.5. The van der Waals surface area contributed by atoms with Crippen molar-refractivity contribution in [2.24, 2.45) is 0 Å².